The molecule has 1 heterocycles. The highest BCUT2D eigenvalue weighted by Crippen LogP contribution is 2.45. The molecule has 1 aliphatic heterocycles. The molecule has 0 fully saturated rings. The summed E-state index contributed by atoms with van der Waals surface area (Å²) in [4.78, 5) is 6.07. The van der Waals surface area contributed by atoms with E-state index < -0.39 is 0 Å². The van der Waals surface area contributed by atoms with Crippen molar-refractivity contribution in [3.8, 4) is 0 Å². The predicted octanol–water partition coefficient (Wildman–Crippen LogP) is 8.52. The Bertz CT molecular complexity index is 982. The Morgan fingerprint density at radius 3 is 2.57 bits per heavy atom. The fourth-order valence-electron chi connectivity index (χ4n) is 3.06. The number of allylic oxidation sites excluding steroid dienone is 7. The number of aryl methyl sites for hydroxylation is 1. The number of nitrogens with zero attached hydrogens (tertiary/aromatic N) is 1. The van der Waals surface area contributed by atoms with Gasteiger partial charge in [-0.25, -0.2) is 0 Å². The lowest BCUT2D eigenvalue weighted by molar-refractivity contribution is 0.779. The lowest BCUT2D eigenvalue weighted by atomic mass is 10.2. The molecule has 0 spiro atoms. The van der Waals surface area contributed by atoms with Crippen LogP contribution in [0.1, 0.15) is 25.3 Å². The molecule has 2 aromatic carbocycles. The maximum absolute atomic E-state index is 4.14. The number of hydrogen-bond acceptors (Lipinski definition) is 3. The van der Waals surface area contributed by atoms with Crippen molar-refractivity contribution in [1.29, 1.82) is 0 Å². The van der Waals surface area contributed by atoms with Crippen LogP contribution in [0.2, 0.25) is 0 Å². The van der Waals surface area contributed by atoms with E-state index in [0.29, 0.717) is 0 Å². The van der Waals surface area contributed by atoms with E-state index in [0.717, 1.165) is 11.4 Å². The molecule has 0 N–H and O–H groups in total. The molecule has 0 aliphatic carbocycles. The molecular weight excluding hydrogens is 402 g/mol. The number of para-hydroxylation sites is 1. The number of rotatable bonds is 9. The zero-order valence-corrected chi connectivity index (χ0v) is 19.4. The lowest BCUT2D eigenvalue weighted by Gasteiger charge is -2.19. The van der Waals surface area contributed by atoms with Gasteiger partial charge in [0.2, 0.25) is 0 Å². The number of thioether (sulfide) groups is 2. The van der Waals surface area contributed by atoms with E-state index >= 15 is 0 Å². The normalized spacial score (nSPS) is 15.1. The number of unbranched alkanes of at least 4 members (excludes halogenated alkanes) is 1. The maximum atomic E-state index is 4.14. The van der Waals surface area contributed by atoms with Crippen molar-refractivity contribution in [2.75, 3.05) is 11.4 Å². The molecule has 154 valence electrons. The fraction of sp³-hybridized carbons (Fsp3) is 0.185. The standard InChI is InChI=1S/C27H29NS2/c1-4-5-21-28-24-17-12-14-19-26(24)30-27(28)20-10-8-6-7-9-16-23(3)29-25-18-13-11-15-22(25)2/h6-20H,3-5,21H2,1-2H3/b7-6+,10-8+,16-9+,27-20-. The van der Waals surface area contributed by atoms with Crippen LogP contribution in [0.15, 0.2) is 117 Å². The Hall–Kier alpha value is -2.36. The van der Waals surface area contributed by atoms with Gasteiger partial charge in [0.15, 0.2) is 0 Å². The van der Waals surface area contributed by atoms with Gasteiger partial charge >= 0.3 is 0 Å². The molecule has 3 heteroatoms. The zero-order valence-electron chi connectivity index (χ0n) is 17.8. The molecule has 30 heavy (non-hydrogen) atoms. The average molecular weight is 432 g/mol. The highest BCUT2D eigenvalue weighted by Gasteiger charge is 2.23. The largest absolute Gasteiger partial charge is 0.335 e. The molecule has 0 bridgehead atoms. The Kier molecular flexibility index (Phi) is 8.73. The first-order valence-corrected chi connectivity index (χ1v) is 12.0. The van der Waals surface area contributed by atoms with Gasteiger partial charge in [-0.05, 0) is 49.3 Å². The number of benzene rings is 2. The monoisotopic (exact) mass is 431 g/mol. The highest BCUT2D eigenvalue weighted by atomic mass is 32.2. The minimum atomic E-state index is 1.03. The second-order valence-corrected chi connectivity index (χ2v) is 9.27. The molecule has 0 amide bonds. The van der Waals surface area contributed by atoms with Crippen LogP contribution in [0, 0.1) is 6.92 Å². The van der Waals surface area contributed by atoms with Gasteiger partial charge in [-0.3, -0.25) is 0 Å². The summed E-state index contributed by atoms with van der Waals surface area (Å²) in [6.45, 7) is 9.57. The molecule has 0 radical (unpaired) electrons. The molecule has 0 aromatic heterocycles. The Balaban J connectivity index is 1.54. The van der Waals surface area contributed by atoms with E-state index in [9.17, 15) is 0 Å². The summed E-state index contributed by atoms with van der Waals surface area (Å²) in [5.41, 5.74) is 2.61. The molecule has 0 saturated heterocycles. The van der Waals surface area contributed by atoms with E-state index in [1.807, 2.05) is 23.9 Å². The van der Waals surface area contributed by atoms with Crippen molar-refractivity contribution in [3.63, 3.8) is 0 Å². The van der Waals surface area contributed by atoms with Gasteiger partial charge in [-0.15, -0.1) is 0 Å². The van der Waals surface area contributed by atoms with Gasteiger partial charge in [0.05, 0.1) is 10.7 Å². The van der Waals surface area contributed by atoms with Crippen LogP contribution < -0.4 is 4.90 Å². The van der Waals surface area contributed by atoms with E-state index in [-0.39, 0.29) is 0 Å². The molecule has 0 unspecified atom stereocenters. The topological polar surface area (TPSA) is 3.24 Å². The Morgan fingerprint density at radius 1 is 1.00 bits per heavy atom. The SMILES string of the molecule is C=C(/C=C/C=C/C=C/C=C1\Sc2ccccc2N1CCCC)Sc1ccccc1C. The van der Waals surface area contributed by atoms with Gasteiger partial charge in [0, 0.05) is 21.2 Å². The first-order valence-electron chi connectivity index (χ1n) is 10.4. The van der Waals surface area contributed by atoms with Crippen LogP contribution in [-0.2, 0) is 0 Å². The Labute approximate surface area is 190 Å². The molecule has 0 saturated carbocycles. The van der Waals surface area contributed by atoms with Crippen molar-refractivity contribution < 1.29 is 0 Å². The summed E-state index contributed by atoms with van der Waals surface area (Å²) in [7, 11) is 0. The third-order valence-electron chi connectivity index (χ3n) is 4.67. The third kappa shape index (κ3) is 6.32. The third-order valence-corrected chi connectivity index (χ3v) is 6.88. The minimum absolute atomic E-state index is 1.03. The van der Waals surface area contributed by atoms with E-state index in [1.165, 1.54) is 38.9 Å². The number of hydrogen-bond donors (Lipinski definition) is 0. The summed E-state index contributed by atoms with van der Waals surface area (Å²) in [6.07, 6.45) is 17.0. The van der Waals surface area contributed by atoms with Crippen LogP contribution in [0.5, 0.6) is 0 Å². The van der Waals surface area contributed by atoms with Crippen molar-refractivity contribution in [3.05, 3.63) is 113 Å². The number of fused-ring (bicyclic) bond motifs is 1. The summed E-state index contributed by atoms with van der Waals surface area (Å²) < 4.78 is 0. The van der Waals surface area contributed by atoms with Crippen LogP contribution in [0.4, 0.5) is 5.69 Å². The summed E-state index contributed by atoms with van der Waals surface area (Å²) in [6, 6.07) is 17.0. The minimum Gasteiger partial charge on any atom is -0.335 e. The average Bonchev–Trinajstić information content (AvgIpc) is 3.10. The van der Waals surface area contributed by atoms with Crippen molar-refractivity contribution in [1.82, 2.24) is 0 Å². The number of anilines is 1. The van der Waals surface area contributed by atoms with Crippen LogP contribution >= 0.6 is 23.5 Å². The summed E-state index contributed by atoms with van der Waals surface area (Å²) >= 11 is 3.56. The van der Waals surface area contributed by atoms with Crippen molar-refractivity contribution in [2.45, 2.75) is 36.5 Å². The maximum Gasteiger partial charge on any atom is 0.0801 e. The second kappa shape index (κ2) is 11.7. The zero-order chi connectivity index (χ0) is 21.2. The fourth-order valence-corrected chi connectivity index (χ4v) is 4.97. The first kappa shape index (κ1) is 22.3. The molecule has 0 atom stereocenters. The quantitative estimate of drug-likeness (QED) is 0.289. The summed E-state index contributed by atoms with van der Waals surface area (Å²) in [5.74, 6) is 0. The first-order chi connectivity index (χ1) is 14.7. The van der Waals surface area contributed by atoms with E-state index in [2.05, 4.69) is 104 Å². The lowest BCUT2D eigenvalue weighted by Crippen LogP contribution is -2.18. The molecular formula is C27H29NS2. The van der Waals surface area contributed by atoms with E-state index in [4.69, 9.17) is 0 Å². The molecule has 2 aromatic rings. The van der Waals surface area contributed by atoms with Crippen LogP contribution in [0.25, 0.3) is 0 Å². The summed E-state index contributed by atoms with van der Waals surface area (Å²) in [5, 5.41) is 1.30. The van der Waals surface area contributed by atoms with Crippen LogP contribution in [0.3, 0.4) is 0 Å². The smallest absolute Gasteiger partial charge is 0.0801 e. The highest BCUT2D eigenvalue weighted by molar-refractivity contribution is 8.03. The Morgan fingerprint density at radius 2 is 1.73 bits per heavy atom. The molecule has 1 aliphatic rings. The molecule has 3 rings (SSSR count). The molecule has 1 nitrogen and oxygen atoms in total. The van der Waals surface area contributed by atoms with Crippen LogP contribution in [-0.4, -0.2) is 6.54 Å². The van der Waals surface area contributed by atoms with Gasteiger partial charge in [-0.2, -0.15) is 0 Å². The van der Waals surface area contributed by atoms with Gasteiger partial charge in [0.25, 0.3) is 0 Å². The predicted molar refractivity (Wildman–Crippen MR) is 136 cm³/mol. The second-order valence-electron chi connectivity index (χ2n) is 7.04. The van der Waals surface area contributed by atoms with Crippen molar-refractivity contribution in [2.24, 2.45) is 0 Å². The van der Waals surface area contributed by atoms with Crippen molar-refractivity contribution >= 4 is 29.2 Å². The van der Waals surface area contributed by atoms with Gasteiger partial charge in [-0.1, -0.05) is 104 Å². The van der Waals surface area contributed by atoms with Gasteiger partial charge in [0.1, 0.15) is 0 Å². The van der Waals surface area contributed by atoms with E-state index in [1.54, 1.807) is 11.8 Å². The van der Waals surface area contributed by atoms with Gasteiger partial charge < -0.3 is 4.90 Å².